The molecule has 3 amide bonds. The summed E-state index contributed by atoms with van der Waals surface area (Å²) in [6.07, 6.45) is -1.33. The van der Waals surface area contributed by atoms with Crippen molar-refractivity contribution in [3.63, 3.8) is 0 Å². The highest BCUT2D eigenvalue weighted by molar-refractivity contribution is 5.89. The minimum Gasteiger partial charge on any atom is -0.480 e. The van der Waals surface area contributed by atoms with Crippen molar-refractivity contribution in [3.05, 3.63) is 0 Å². The summed E-state index contributed by atoms with van der Waals surface area (Å²) >= 11 is 0. The zero-order valence-electron chi connectivity index (χ0n) is 26.7. The number of hydrogen-bond acceptors (Lipinski definition) is 9. The van der Waals surface area contributed by atoms with Gasteiger partial charge < -0.3 is 46.1 Å². The number of nitrogens with two attached hydrogens (primary N) is 1. The largest absolute Gasteiger partial charge is 0.480 e. The summed E-state index contributed by atoms with van der Waals surface area (Å²) in [5.74, 6) is -1.34. The first-order valence-corrected chi connectivity index (χ1v) is 12.8. The third-order valence-corrected chi connectivity index (χ3v) is 4.15. The molecule has 0 fully saturated rings. The first-order valence-electron chi connectivity index (χ1n) is 12.8. The maximum atomic E-state index is 11.9. The van der Waals surface area contributed by atoms with E-state index in [2.05, 4.69) is 20.9 Å². The summed E-state index contributed by atoms with van der Waals surface area (Å²) in [4.78, 5) is 49.4. The Morgan fingerprint density at radius 3 is 1.31 bits per heavy atom. The Hall–Kier alpha value is -2.64. The van der Waals surface area contributed by atoms with E-state index in [1.165, 1.54) is 13.8 Å². The van der Waals surface area contributed by atoms with Gasteiger partial charge in [0.15, 0.2) is 0 Å². The number of alkyl carbamates (subject to hydrolysis) is 2. The maximum Gasteiger partial charge on any atom is 0.408 e. The number of carbonyl (C=O) groups excluding carboxylic acids is 3. The lowest BCUT2D eigenvalue weighted by Crippen LogP contribution is -2.56. The van der Waals surface area contributed by atoms with Crippen LogP contribution in [0, 0.1) is 0 Å². The van der Waals surface area contributed by atoms with Crippen molar-refractivity contribution in [2.24, 2.45) is 5.73 Å². The Balaban J connectivity index is -0.000000566. The van der Waals surface area contributed by atoms with E-state index >= 15 is 0 Å². The molecule has 232 valence electrons. The fourth-order valence-electron chi connectivity index (χ4n) is 2.10. The maximum absolute atomic E-state index is 11.9. The van der Waals surface area contributed by atoms with Crippen molar-refractivity contribution in [1.29, 1.82) is 0 Å². The highest BCUT2D eigenvalue weighted by Crippen LogP contribution is 2.10. The molecule has 0 rings (SSSR count). The molecule has 0 unspecified atom stereocenters. The molecule has 6 N–H and O–H groups in total. The molecule has 13 nitrogen and oxygen atoms in total. The quantitative estimate of drug-likeness (QED) is 0.278. The van der Waals surface area contributed by atoms with Crippen LogP contribution < -0.4 is 21.7 Å². The molecule has 0 aliphatic rings. The highest BCUT2D eigenvalue weighted by Gasteiger charge is 2.32. The monoisotopic (exact) mass is 564 g/mol. The van der Waals surface area contributed by atoms with Gasteiger partial charge in [-0.05, 0) is 97.4 Å². The molecule has 0 aliphatic carbocycles. The zero-order chi connectivity index (χ0) is 31.8. The third kappa shape index (κ3) is 26.7. The number of amides is 3. The van der Waals surface area contributed by atoms with Crippen LogP contribution in [0.5, 0.6) is 0 Å². The van der Waals surface area contributed by atoms with Gasteiger partial charge >= 0.3 is 18.2 Å². The van der Waals surface area contributed by atoms with Crippen LogP contribution in [0.2, 0.25) is 0 Å². The van der Waals surface area contributed by atoms with E-state index in [-0.39, 0.29) is 5.91 Å². The van der Waals surface area contributed by atoms with Crippen molar-refractivity contribution in [2.45, 2.75) is 91.5 Å². The van der Waals surface area contributed by atoms with Gasteiger partial charge in [-0.3, -0.25) is 4.79 Å². The molecule has 39 heavy (non-hydrogen) atoms. The Morgan fingerprint density at radius 1 is 0.692 bits per heavy atom. The van der Waals surface area contributed by atoms with E-state index in [9.17, 15) is 19.2 Å². The van der Waals surface area contributed by atoms with E-state index < -0.39 is 40.4 Å². The molecule has 0 spiro atoms. The normalized spacial score (nSPS) is 11.8. The molecule has 0 aromatic carbocycles. The smallest absolute Gasteiger partial charge is 0.408 e. The van der Waals surface area contributed by atoms with Gasteiger partial charge in [-0.2, -0.15) is 0 Å². The average molecular weight is 565 g/mol. The van der Waals surface area contributed by atoms with Crippen molar-refractivity contribution < 1.29 is 33.8 Å². The summed E-state index contributed by atoms with van der Waals surface area (Å²) in [5, 5.41) is 16.3. The van der Waals surface area contributed by atoms with Gasteiger partial charge in [0.05, 0.1) is 0 Å². The van der Waals surface area contributed by atoms with Crippen molar-refractivity contribution in [3.8, 4) is 0 Å². The molecule has 0 aliphatic heterocycles. The molecular weight excluding hydrogens is 508 g/mol. The predicted octanol–water partition coefficient (Wildman–Crippen LogP) is 1.85. The number of carboxylic acids is 1. The van der Waals surface area contributed by atoms with Gasteiger partial charge in [-0.15, -0.1) is 0 Å². The second kappa shape index (κ2) is 17.9. The molecule has 0 radical (unpaired) electrons. The summed E-state index contributed by atoms with van der Waals surface area (Å²) in [6, 6.07) is 0. The van der Waals surface area contributed by atoms with Gasteiger partial charge in [-0.25, -0.2) is 14.4 Å². The average Bonchev–Trinajstić information content (AvgIpc) is 2.64. The SMILES string of the molecule is CC(C)(C)OC(=O)NC(C)(C)C(=O)O.CN(C)CCN.CN(C)CCNC(=O)C(C)(C)NC(=O)OC(C)(C)C. The van der Waals surface area contributed by atoms with Crippen molar-refractivity contribution in [2.75, 3.05) is 54.4 Å². The molecule has 0 heterocycles. The second-order valence-corrected chi connectivity index (χ2v) is 12.5. The van der Waals surface area contributed by atoms with Gasteiger partial charge in [0.1, 0.15) is 22.3 Å². The van der Waals surface area contributed by atoms with E-state index in [4.69, 9.17) is 20.3 Å². The lowest BCUT2D eigenvalue weighted by Gasteiger charge is -2.27. The van der Waals surface area contributed by atoms with Crippen LogP contribution in [-0.4, -0.2) is 116 Å². The standard InChI is InChI=1S/C13H27N3O3.C9H17NO4.C4H12N2/c1-12(2,3)19-11(18)15-13(4,5)10(17)14-8-9-16(6)7;1-8(2,3)14-7(13)10-9(4,5)6(11)12;1-6(2)4-3-5/h8-9H2,1-7H3,(H,14,17)(H,15,18);1-5H3,(H,10,13)(H,11,12);3-5H2,1-2H3. The Morgan fingerprint density at radius 2 is 1.05 bits per heavy atom. The Kier molecular flexibility index (Phi) is 18.7. The van der Waals surface area contributed by atoms with Crippen LogP contribution in [-0.2, 0) is 19.1 Å². The zero-order valence-corrected chi connectivity index (χ0v) is 26.7. The van der Waals surface area contributed by atoms with Crippen LogP contribution in [0.3, 0.4) is 0 Å². The molecule has 0 saturated heterocycles. The van der Waals surface area contributed by atoms with E-state index in [0.29, 0.717) is 6.54 Å². The summed E-state index contributed by atoms with van der Waals surface area (Å²) in [6.45, 7) is 19.5. The summed E-state index contributed by atoms with van der Waals surface area (Å²) in [5.41, 5.74) is 1.66. The van der Waals surface area contributed by atoms with Gasteiger partial charge in [0, 0.05) is 26.2 Å². The molecule has 0 bridgehead atoms. The molecule has 0 atom stereocenters. The van der Waals surface area contributed by atoms with E-state index in [1.54, 1.807) is 55.4 Å². The minimum absolute atomic E-state index is 0.236. The first-order chi connectivity index (χ1) is 17.3. The number of ether oxygens (including phenoxy) is 2. The number of nitrogens with one attached hydrogen (secondary N) is 3. The Labute approximate surface area is 235 Å². The number of nitrogens with zero attached hydrogens (tertiary/aromatic N) is 2. The van der Waals surface area contributed by atoms with Crippen LogP contribution in [0.15, 0.2) is 0 Å². The summed E-state index contributed by atoms with van der Waals surface area (Å²) < 4.78 is 10.0. The van der Waals surface area contributed by atoms with Crippen LogP contribution >= 0.6 is 0 Å². The van der Waals surface area contributed by atoms with Crippen LogP contribution in [0.1, 0.15) is 69.2 Å². The van der Waals surface area contributed by atoms with E-state index in [0.717, 1.165) is 19.6 Å². The van der Waals surface area contributed by atoms with Crippen LogP contribution in [0.25, 0.3) is 0 Å². The third-order valence-electron chi connectivity index (χ3n) is 4.15. The number of carboxylic acid groups (broad SMARTS) is 1. The van der Waals surface area contributed by atoms with Crippen LogP contribution in [0.4, 0.5) is 9.59 Å². The number of carbonyl (C=O) groups is 4. The van der Waals surface area contributed by atoms with Crippen molar-refractivity contribution in [1.82, 2.24) is 25.8 Å². The molecular formula is C26H56N6O7. The predicted molar refractivity (Wildman–Crippen MR) is 154 cm³/mol. The van der Waals surface area contributed by atoms with Gasteiger partial charge in [0.2, 0.25) is 5.91 Å². The first kappa shape index (κ1) is 40.9. The fourth-order valence-corrected chi connectivity index (χ4v) is 2.10. The second-order valence-electron chi connectivity index (χ2n) is 12.5. The fraction of sp³-hybridized carbons (Fsp3) is 0.846. The van der Waals surface area contributed by atoms with E-state index in [1.807, 2.05) is 33.1 Å². The molecule has 0 aromatic heterocycles. The number of likely N-dealkylation sites (N-methyl/N-ethyl adjacent to an activating group) is 2. The van der Waals surface area contributed by atoms with Gasteiger partial charge in [-0.1, -0.05) is 0 Å². The highest BCUT2D eigenvalue weighted by atomic mass is 16.6. The molecule has 0 saturated carbocycles. The topological polar surface area (TPSA) is 176 Å². The number of rotatable bonds is 9. The van der Waals surface area contributed by atoms with Crippen molar-refractivity contribution >= 4 is 24.1 Å². The minimum atomic E-state index is -1.32. The number of aliphatic carboxylic acids is 1. The summed E-state index contributed by atoms with van der Waals surface area (Å²) in [7, 11) is 7.87. The molecule has 13 heteroatoms. The lowest BCUT2D eigenvalue weighted by atomic mass is 10.1. The van der Waals surface area contributed by atoms with Gasteiger partial charge in [0.25, 0.3) is 0 Å². The molecule has 0 aromatic rings. The lowest BCUT2D eigenvalue weighted by molar-refractivity contribution is -0.143. The number of hydrogen-bond donors (Lipinski definition) is 5. The Bertz CT molecular complexity index is 755.